The van der Waals surface area contributed by atoms with Crippen LogP contribution in [-0.4, -0.2) is 48.6 Å². The molecule has 2 fully saturated rings. The van der Waals surface area contributed by atoms with Gasteiger partial charge >= 0.3 is 0 Å². The highest BCUT2D eigenvalue weighted by molar-refractivity contribution is 5.40. The first-order chi connectivity index (χ1) is 9.31. The van der Waals surface area contributed by atoms with E-state index in [2.05, 4.69) is 45.4 Å². The number of aromatic nitrogens is 1. The van der Waals surface area contributed by atoms with E-state index in [0.29, 0.717) is 6.04 Å². The molecule has 3 rings (SSSR count). The van der Waals surface area contributed by atoms with Gasteiger partial charge < -0.3 is 10.2 Å². The summed E-state index contributed by atoms with van der Waals surface area (Å²) in [5.74, 6) is 1.15. The van der Waals surface area contributed by atoms with E-state index in [4.69, 9.17) is 0 Å². The molecule has 0 bridgehead atoms. The third-order valence-corrected chi connectivity index (χ3v) is 4.10. The molecule has 4 heteroatoms. The van der Waals surface area contributed by atoms with E-state index in [1.807, 2.05) is 0 Å². The molecule has 0 spiro atoms. The van der Waals surface area contributed by atoms with E-state index in [9.17, 15) is 0 Å². The van der Waals surface area contributed by atoms with Crippen LogP contribution < -0.4 is 10.2 Å². The Balaban J connectivity index is 1.59. The molecule has 19 heavy (non-hydrogen) atoms. The number of piperazine rings is 1. The van der Waals surface area contributed by atoms with Crippen molar-refractivity contribution >= 4 is 5.82 Å². The van der Waals surface area contributed by atoms with Gasteiger partial charge in [-0.2, -0.15) is 0 Å². The Morgan fingerprint density at radius 2 is 2.11 bits per heavy atom. The molecule has 0 unspecified atom stereocenters. The summed E-state index contributed by atoms with van der Waals surface area (Å²) in [6, 6.07) is 5.03. The average molecular weight is 260 g/mol. The quantitative estimate of drug-likeness (QED) is 0.892. The van der Waals surface area contributed by atoms with Crippen molar-refractivity contribution in [1.29, 1.82) is 0 Å². The highest BCUT2D eigenvalue weighted by Gasteiger charge is 2.16. The van der Waals surface area contributed by atoms with Crippen molar-refractivity contribution in [3.05, 3.63) is 23.9 Å². The van der Waals surface area contributed by atoms with Crippen molar-refractivity contribution in [2.75, 3.05) is 37.6 Å². The SMILES string of the molecule is C[C@H]1CN(Cc2ccc(N3CCCC3)nc2)CCN1. The van der Waals surface area contributed by atoms with Crippen LogP contribution in [0.15, 0.2) is 18.3 Å². The lowest BCUT2D eigenvalue weighted by atomic mass is 10.2. The van der Waals surface area contributed by atoms with Crippen molar-refractivity contribution in [1.82, 2.24) is 15.2 Å². The molecule has 0 aliphatic carbocycles. The van der Waals surface area contributed by atoms with Gasteiger partial charge in [0.15, 0.2) is 0 Å². The normalized spacial score (nSPS) is 24.9. The topological polar surface area (TPSA) is 31.4 Å². The smallest absolute Gasteiger partial charge is 0.128 e. The lowest BCUT2D eigenvalue weighted by molar-refractivity contribution is 0.199. The van der Waals surface area contributed by atoms with Crippen LogP contribution in [0.1, 0.15) is 25.3 Å². The Labute approximate surface area is 115 Å². The predicted octanol–water partition coefficient (Wildman–Crippen LogP) is 1.48. The fourth-order valence-corrected chi connectivity index (χ4v) is 3.06. The summed E-state index contributed by atoms with van der Waals surface area (Å²) in [4.78, 5) is 9.52. The number of hydrogen-bond acceptors (Lipinski definition) is 4. The number of nitrogens with zero attached hydrogens (tertiary/aromatic N) is 3. The van der Waals surface area contributed by atoms with E-state index in [1.54, 1.807) is 0 Å². The minimum Gasteiger partial charge on any atom is -0.357 e. The first kappa shape index (κ1) is 12.9. The van der Waals surface area contributed by atoms with Crippen LogP contribution in [0.5, 0.6) is 0 Å². The standard InChI is InChI=1S/C15H24N4/c1-13-11-18(9-6-16-13)12-14-4-5-15(17-10-14)19-7-2-3-8-19/h4-5,10,13,16H,2-3,6-9,11-12H2,1H3/t13-/m0/s1. The van der Waals surface area contributed by atoms with Crippen molar-refractivity contribution in [2.24, 2.45) is 0 Å². The zero-order valence-corrected chi connectivity index (χ0v) is 11.8. The number of hydrogen-bond donors (Lipinski definition) is 1. The van der Waals surface area contributed by atoms with Gasteiger partial charge in [-0.25, -0.2) is 4.98 Å². The van der Waals surface area contributed by atoms with Crippen LogP contribution in [0.2, 0.25) is 0 Å². The minimum atomic E-state index is 0.602. The molecule has 1 N–H and O–H groups in total. The van der Waals surface area contributed by atoms with Crippen LogP contribution in [0.25, 0.3) is 0 Å². The second kappa shape index (κ2) is 5.88. The largest absolute Gasteiger partial charge is 0.357 e. The van der Waals surface area contributed by atoms with Gasteiger partial charge in [-0.15, -0.1) is 0 Å². The van der Waals surface area contributed by atoms with Gasteiger partial charge in [0, 0.05) is 51.5 Å². The van der Waals surface area contributed by atoms with Crippen molar-refractivity contribution < 1.29 is 0 Å². The molecule has 1 aromatic rings. The Morgan fingerprint density at radius 3 is 2.79 bits per heavy atom. The highest BCUT2D eigenvalue weighted by atomic mass is 15.2. The van der Waals surface area contributed by atoms with Gasteiger partial charge in [0.1, 0.15) is 5.82 Å². The van der Waals surface area contributed by atoms with Crippen molar-refractivity contribution in [2.45, 2.75) is 32.4 Å². The predicted molar refractivity (Wildman–Crippen MR) is 78.4 cm³/mol. The first-order valence-electron chi connectivity index (χ1n) is 7.47. The van der Waals surface area contributed by atoms with Gasteiger partial charge in [-0.3, -0.25) is 4.90 Å². The van der Waals surface area contributed by atoms with Crippen LogP contribution in [-0.2, 0) is 6.54 Å². The van der Waals surface area contributed by atoms with Gasteiger partial charge in [-0.05, 0) is 31.4 Å². The number of pyridine rings is 1. The van der Waals surface area contributed by atoms with Crippen LogP contribution in [0, 0.1) is 0 Å². The lowest BCUT2D eigenvalue weighted by Gasteiger charge is -2.31. The molecule has 3 heterocycles. The van der Waals surface area contributed by atoms with Gasteiger partial charge in [0.05, 0.1) is 0 Å². The number of anilines is 1. The molecular formula is C15H24N4. The maximum atomic E-state index is 4.63. The zero-order valence-electron chi connectivity index (χ0n) is 11.8. The zero-order chi connectivity index (χ0) is 13.1. The summed E-state index contributed by atoms with van der Waals surface area (Å²) in [6.07, 6.45) is 4.67. The second-order valence-electron chi connectivity index (χ2n) is 5.81. The van der Waals surface area contributed by atoms with Crippen molar-refractivity contribution in [3.63, 3.8) is 0 Å². The van der Waals surface area contributed by atoms with Crippen LogP contribution >= 0.6 is 0 Å². The molecular weight excluding hydrogens is 236 g/mol. The van der Waals surface area contributed by atoms with Gasteiger partial charge in [0.2, 0.25) is 0 Å². The molecule has 0 radical (unpaired) electrons. The molecule has 0 saturated carbocycles. The third-order valence-electron chi connectivity index (χ3n) is 4.10. The van der Waals surface area contributed by atoms with E-state index >= 15 is 0 Å². The van der Waals surface area contributed by atoms with Crippen LogP contribution in [0.3, 0.4) is 0 Å². The molecule has 2 aliphatic rings. The van der Waals surface area contributed by atoms with E-state index in [0.717, 1.165) is 32.0 Å². The summed E-state index contributed by atoms with van der Waals surface area (Å²) in [6.45, 7) is 8.98. The van der Waals surface area contributed by atoms with E-state index < -0.39 is 0 Å². The monoisotopic (exact) mass is 260 g/mol. The minimum absolute atomic E-state index is 0.602. The summed E-state index contributed by atoms with van der Waals surface area (Å²) in [5, 5.41) is 3.48. The van der Waals surface area contributed by atoms with Gasteiger partial charge in [0.25, 0.3) is 0 Å². The molecule has 0 aromatic carbocycles. The molecule has 1 aromatic heterocycles. The Hall–Kier alpha value is -1.13. The van der Waals surface area contributed by atoms with Crippen LogP contribution in [0.4, 0.5) is 5.82 Å². The molecule has 2 saturated heterocycles. The Bertz CT molecular complexity index is 397. The first-order valence-corrected chi connectivity index (χ1v) is 7.47. The maximum Gasteiger partial charge on any atom is 0.128 e. The summed E-state index contributed by atoms with van der Waals surface area (Å²) in [5.41, 5.74) is 1.33. The fraction of sp³-hybridized carbons (Fsp3) is 0.667. The van der Waals surface area contributed by atoms with Gasteiger partial charge in [-0.1, -0.05) is 6.07 Å². The number of rotatable bonds is 3. The molecule has 1 atom stereocenters. The van der Waals surface area contributed by atoms with Crippen molar-refractivity contribution in [3.8, 4) is 0 Å². The summed E-state index contributed by atoms with van der Waals surface area (Å²) >= 11 is 0. The Kier molecular flexibility index (Phi) is 3.99. The maximum absolute atomic E-state index is 4.63. The average Bonchev–Trinajstić information content (AvgIpc) is 2.94. The lowest BCUT2D eigenvalue weighted by Crippen LogP contribution is -2.48. The molecule has 0 amide bonds. The third kappa shape index (κ3) is 3.25. The summed E-state index contributed by atoms with van der Waals surface area (Å²) < 4.78 is 0. The molecule has 2 aliphatic heterocycles. The molecule has 4 nitrogen and oxygen atoms in total. The second-order valence-corrected chi connectivity index (χ2v) is 5.81. The number of nitrogens with one attached hydrogen (secondary N) is 1. The summed E-state index contributed by atoms with van der Waals surface area (Å²) in [7, 11) is 0. The highest BCUT2D eigenvalue weighted by Crippen LogP contribution is 2.18. The van der Waals surface area contributed by atoms with E-state index in [-0.39, 0.29) is 0 Å². The molecule has 104 valence electrons. The Morgan fingerprint density at radius 1 is 1.26 bits per heavy atom. The fourth-order valence-electron chi connectivity index (χ4n) is 3.06. The van der Waals surface area contributed by atoms with E-state index in [1.165, 1.54) is 31.5 Å².